The third kappa shape index (κ3) is 5.57. The van der Waals surface area contributed by atoms with Gasteiger partial charge in [0.2, 0.25) is 0 Å². The van der Waals surface area contributed by atoms with E-state index in [-0.39, 0.29) is 17.6 Å². The van der Waals surface area contributed by atoms with E-state index in [1.807, 2.05) is 24.3 Å². The summed E-state index contributed by atoms with van der Waals surface area (Å²) in [5, 5.41) is 28.9. The molecular weight excluding hydrogens is 300 g/mol. The predicted octanol–water partition coefficient (Wildman–Crippen LogP) is 4.93. The Morgan fingerprint density at radius 2 is 0.958 bits per heavy atom. The van der Waals surface area contributed by atoms with Crippen molar-refractivity contribution in [2.75, 3.05) is 0 Å². The van der Waals surface area contributed by atoms with Gasteiger partial charge in [0.15, 0.2) is 0 Å². The molecule has 0 amide bonds. The fourth-order valence-corrected chi connectivity index (χ4v) is 2.97. The maximum Gasteiger partial charge on any atom is 0.115 e. The molecule has 0 fully saturated rings. The summed E-state index contributed by atoms with van der Waals surface area (Å²) in [6.45, 7) is 4.30. The zero-order chi connectivity index (χ0) is 17.5. The smallest absolute Gasteiger partial charge is 0.115 e. The Morgan fingerprint density at radius 1 is 0.625 bits per heavy atom. The summed E-state index contributed by atoms with van der Waals surface area (Å²) in [6, 6.07) is 14.6. The fraction of sp³-hybridized carbons (Fsp3) is 0.429. The number of rotatable bonds is 8. The average molecular weight is 328 g/mol. The molecule has 2 atom stereocenters. The zero-order valence-electron chi connectivity index (χ0n) is 14.5. The van der Waals surface area contributed by atoms with Crippen molar-refractivity contribution in [2.24, 2.45) is 0 Å². The summed E-state index contributed by atoms with van der Waals surface area (Å²) in [6.07, 6.45) is 3.14. The number of benzene rings is 2. The number of phenolic OH excluding ortho intramolecular Hbond substituents is 2. The highest BCUT2D eigenvalue weighted by atomic mass is 16.3. The molecule has 130 valence electrons. The molecule has 0 radical (unpaired) electrons. The molecule has 3 nitrogen and oxygen atoms in total. The van der Waals surface area contributed by atoms with E-state index in [1.165, 1.54) is 11.1 Å². The molecule has 2 aromatic carbocycles. The van der Waals surface area contributed by atoms with Crippen molar-refractivity contribution in [1.29, 1.82) is 0 Å². The van der Waals surface area contributed by atoms with Gasteiger partial charge in [-0.25, -0.2) is 0 Å². The van der Waals surface area contributed by atoms with Crippen LogP contribution in [0.4, 0.5) is 0 Å². The normalized spacial score (nSPS) is 13.8. The van der Waals surface area contributed by atoms with Crippen LogP contribution in [0.15, 0.2) is 48.5 Å². The molecule has 3 heteroatoms. The molecular formula is C21H28O3. The summed E-state index contributed by atoms with van der Waals surface area (Å²) in [5.41, 5.74) is 2.38. The van der Waals surface area contributed by atoms with Crippen LogP contribution in [-0.2, 0) is 0 Å². The van der Waals surface area contributed by atoms with Crippen LogP contribution in [0.25, 0.3) is 0 Å². The quantitative estimate of drug-likeness (QED) is 0.644. The first-order chi connectivity index (χ1) is 11.5. The van der Waals surface area contributed by atoms with Crippen LogP contribution in [0.1, 0.15) is 62.5 Å². The second-order valence-electron chi connectivity index (χ2n) is 6.79. The topological polar surface area (TPSA) is 60.7 Å². The van der Waals surface area contributed by atoms with Crippen LogP contribution in [0.2, 0.25) is 0 Å². The highest BCUT2D eigenvalue weighted by molar-refractivity contribution is 5.28. The van der Waals surface area contributed by atoms with Gasteiger partial charge in [0.05, 0.1) is 6.10 Å². The van der Waals surface area contributed by atoms with Crippen LogP contribution in [0, 0.1) is 0 Å². The van der Waals surface area contributed by atoms with Gasteiger partial charge in [-0.05, 0) is 72.9 Å². The van der Waals surface area contributed by atoms with Gasteiger partial charge in [-0.3, -0.25) is 0 Å². The zero-order valence-corrected chi connectivity index (χ0v) is 14.5. The summed E-state index contributed by atoms with van der Waals surface area (Å²) >= 11 is 0. The minimum absolute atomic E-state index is 0.286. The first-order valence-corrected chi connectivity index (χ1v) is 8.71. The van der Waals surface area contributed by atoms with E-state index in [0.29, 0.717) is 11.8 Å². The van der Waals surface area contributed by atoms with Crippen LogP contribution in [0.5, 0.6) is 11.5 Å². The van der Waals surface area contributed by atoms with Crippen LogP contribution in [-0.4, -0.2) is 21.4 Å². The van der Waals surface area contributed by atoms with E-state index >= 15 is 0 Å². The third-order valence-electron chi connectivity index (χ3n) is 4.79. The highest BCUT2D eigenvalue weighted by Crippen LogP contribution is 2.26. The SMILES string of the molecule is C[C@H](CCC(O)CC[C@@H](C)c1ccc(O)cc1)c1ccc(O)cc1. The molecule has 0 heterocycles. The first-order valence-electron chi connectivity index (χ1n) is 8.71. The second kappa shape index (κ2) is 8.74. The van der Waals surface area contributed by atoms with Gasteiger partial charge in [-0.1, -0.05) is 38.1 Å². The molecule has 0 spiro atoms. The van der Waals surface area contributed by atoms with Gasteiger partial charge in [-0.15, -0.1) is 0 Å². The van der Waals surface area contributed by atoms with E-state index < -0.39 is 0 Å². The molecule has 3 N–H and O–H groups in total. The average Bonchev–Trinajstić information content (AvgIpc) is 2.58. The predicted molar refractivity (Wildman–Crippen MR) is 97.5 cm³/mol. The largest absolute Gasteiger partial charge is 0.508 e. The van der Waals surface area contributed by atoms with Gasteiger partial charge in [0.1, 0.15) is 11.5 Å². The summed E-state index contributed by atoms with van der Waals surface area (Å²) < 4.78 is 0. The van der Waals surface area contributed by atoms with Gasteiger partial charge < -0.3 is 15.3 Å². The molecule has 2 rings (SSSR count). The van der Waals surface area contributed by atoms with Crippen molar-refractivity contribution < 1.29 is 15.3 Å². The lowest BCUT2D eigenvalue weighted by atomic mass is 9.91. The fourth-order valence-electron chi connectivity index (χ4n) is 2.97. The van der Waals surface area contributed by atoms with Crippen molar-refractivity contribution in [2.45, 2.75) is 57.5 Å². The molecule has 0 bridgehead atoms. The Morgan fingerprint density at radius 3 is 1.29 bits per heavy atom. The summed E-state index contributed by atoms with van der Waals surface area (Å²) in [5.74, 6) is 1.31. The minimum atomic E-state index is -0.288. The number of aliphatic hydroxyl groups excluding tert-OH is 1. The first kappa shape index (κ1) is 18.3. The van der Waals surface area contributed by atoms with E-state index in [1.54, 1.807) is 24.3 Å². The van der Waals surface area contributed by atoms with Crippen LogP contribution < -0.4 is 0 Å². The molecule has 0 aliphatic heterocycles. The summed E-state index contributed by atoms with van der Waals surface area (Å²) in [7, 11) is 0. The van der Waals surface area contributed by atoms with E-state index in [9.17, 15) is 15.3 Å². The molecule has 0 saturated carbocycles. The number of hydrogen-bond donors (Lipinski definition) is 3. The van der Waals surface area contributed by atoms with E-state index in [2.05, 4.69) is 13.8 Å². The van der Waals surface area contributed by atoms with Crippen molar-refractivity contribution in [3.05, 3.63) is 59.7 Å². The summed E-state index contributed by atoms with van der Waals surface area (Å²) in [4.78, 5) is 0. The minimum Gasteiger partial charge on any atom is -0.508 e. The Hall–Kier alpha value is -2.00. The molecule has 0 aromatic heterocycles. The van der Waals surface area contributed by atoms with Crippen molar-refractivity contribution in [3.8, 4) is 11.5 Å². The maximum atomic E-state index is 10.2. The van der Waals surface area contributed by atoms with Gasteiger partial charge >= 0.3 is 0 Å². The van der Waals surface area contributed by atoms with Crippen LogP contribution >= 0.6 is 0 Å². The van der Waals surface area contributed by atoms with Crippen LogP contribution in [0.3, 0.4) is 0 Å². The lowest BCUT2D eigenvalue weighted by Crippen LogP contribution is -2.10. The Balaban J connectivity index is 1.73. The van der Waals surface area contributed by atoms with E-state index in [4.69, 9.17) is 0 Å². The molecule has 2 aromatic rings. The van der Waals surface area contributed by atoms with Gasteiger partial charge in [-0.2, -0.15) is 0 Å². The van der Waals surface area contributed by atoms with Gasteiger partial charge in [0, 0.05) is 0 Å². The van der Waals surface area contributed by atoms with Gasteiger partial charge in [0.25, 0.3) is 0 Å². The van der Waals surface area contributed by atoms with Crippen molar-refractivity contribution >= 4 is 0 Å². The number of hydrogen-bond acceptors (Lipinski definition) is 3. The van der Waals surface area contributed by atoms with Crippen molar-refractivity contribution in [3.63, 3.8) is 0 Å². The number of aliphatic hydroxyl groups is 1. The Labute approximate surface area is 144 Å². The maximum absolute atomic E-state index is 10.2. The second-order valence-corrected chi connectivity index (χ2v) is 6.79. The number of aromatic hydroxyl groups is 2. The van der Waals surface area contributed by atoms with E-state index in [0.717, 1.165) is 25.7 Å². The molecule has 0 unspecified atom stereocenters. The molecule has 24 heavy (non-hydrogen) atoms. The van der Waals surface area contributed by atoms with Crippen molar-refractivity contribution in [1.82, 2.24) is 0 Å². The lowest BCUT2D eigenvalue weighted by molar-refractivity contribution is 0.145. The third-order valence-corrected chi connectivity index (χ3v) is 4.79. The standard InChI is InChI=1S/C21H28O3/c1-15(17-5-11-20(23)12-6-17)3-9-19(22)10-4-16(2)18-7-13-21(24)14-8-18/h5-8,11-16,19,22-24H,3-4,9-10H2,1-2H3/t15-,16-/m1/s1. The monoisotopic (exact) mass is 328 g/mol. The molecule has 0 aliphatic rings. The Kier molecular flexibility index (Phi) is 6.68. The lowest BCUT2D eigenvalue weighted by Gasteiger charge is -2.18. The molecule has 0 saturated heterocycles. The molecule has 0 aliphatic carbocycles. The highest BCUT2D eigenvalue weighted by Gasteiger charge is 2.12. The number of phenols is 2. The Bertz CT molecular complexity index is 548.